The molecule has 2 aromatic rings. The normalized spacial score (nSPS) is 11.1. The van der Waals surface area contributed by atoms with Gasteiger partial charge >= 0.3 is 11.9 Å². The van der Waals surface area contributed by atoms with Gasteiger partial charge in [-0.3, -0.25) is 9.40 Å². The minimum absolute atomic E-state index is 0.00716. The average molecular weight is 381 g/mol. The molecule has 140 valence electrons. The maximum absolute atomic E-state index is 12.8. The fourth-order valence-corrected chi connectivity index (χ4v) is 3.99. The zero-order valence-corrected chi connectivity index (χ0v) is 15.8. The van der Waals surface area contributed by atoms with Crippen molar-refractivity contribution in [3.63, 3.8) is 0 Å². The number of esters is 2. The van der Waals surface area contributed by atoms with Gasteiger partial charge in [0.2, 0.25) is 0 Å². The molecule has 0 fully saturated rings. The number of ether oxygens (including phenoxy) is 2. The molecule has 0 spiro atoms. The topological polar surface area (TPSA) is 117 Å². The smallest absolute Gasteiger partial charge is 0.337 e. The van der Waals surface area contributed by atoms with Crippen LogP contribution in [0.15, 0.2) is 23.1 Å². The molecular weight excluding hydrogens is 362 g/mol. The predicted octanol–water partition coefficient (Wildman–Crippen LogP) is 1.41. The Morgan fingerprint density at radius 1 is 1.04 bits per heavy atom. The number of nitrogens with zero attached hydrogens (tertiary/aromatic N) is 2. The van der Waals surface area contributed by atoms with Crippen LogP contribution in [0.25, 0.3) is 0 Å². The summed E-state index contributed by atoms with van der Waals surface area (Å²) >= 11 is 0. The summed E-state index contributed by atoms with van der Waals surface area (Å²) in [5.74, 6) is -1.44. The number of hydrogen-bond donors (Lipinski definition) is 1. The lowest BCUT2D eigenvalue weighted by atomic mass is 10.1. The van der Waals surface area contributed by atoms with Crippen LogP contribution in [-0.2, 0) is 26.5 Å². The van der Waals surface area contributed by atoms with Gasteiger partial charge in [0.15, 0.2) is 0 Å². The molecule has 0 saturated carbocycles. The SMILES string of the molecule is COC(=O)c1cc(NS(=O)(=O)c2c(C)nn(C)c2C)cc(C(=O)OC)c1. The first kappa shape index (κ1) is 19.4. The Labute approximate surface area is 151 Å². The van der Waals surface area contributed by atoms with E-state index < -0.39 is 22.0 Å². The third kappa shape index (κ3) is 3.69. The van der Waals surface area contributed by atoms with Crippen molar-refractivity contribution in [2.45, 2.75) is 18.7 Å². The first-order chi connectivity index (χ1) is 12.1. The van der Waals surface area contributed by atoms with Crippen LogP contribution in [-0.4, -0.2) is 44.4 Å². The minimum Gasteiger partial charge on any atom is -0.465 e. The highest BCUT2D eigenvalue weighted by Crippen LogP contribution is 2.24. The molecular formula is C16H19N3O6S. The maximum Gasteiger partial charge on any atom is 0.337 e. The maximum atomic E-state index is 12.8. The number of anilines is 1. The van der Waals surface area contributed by atoms with Gasteiger partial charge in [-0.05, 0) is 32.0 Å². The molecule has 1 aromatic heterocycles. The van der Waals surface area contributed by atoms with Gasteiger partial charge in [-0.1, -0.05) is 0 Å². The van der Waals surface area contributed by atoms with Gasteiger partial charge in [-0.25, -0.2) is 18.0 Å². The molecule has 0 atom stereocenters. The predicted molar refractivity (Wildman–Crippen MR) is 92.6 cm³/mol. The van der Waals surface area contributed by atoms with E-state index in [1.54, 1.807) is 20.9 Å². The Morgan fingerprint density at radius 3 is 1.92 bits per heavy atom. The van der Waals surface area contributed by atoms with Crippen molar-refractivity contribution < 1.29 is 27.5 Å². The second-order valence-electron chi connectivity index (χ2n) is 5.51. The molecule has 9 nitrogen and oxygen atoms in total. The first-order valence-corrected chi connectivity index (χ1v) is 8.93. The molecule has 0 saturated heterocycles. The Kier molecular flexibility index (Phi) is 5.36. The van der Waals surface area contributed by atoms with Crippen molar-refractivity contribution in [3.05, 3.63) is 40.7 Å². The number of hydrogen-bond acceptors (Lipinski definition) is 7. The number of benzene rings is 1. The molecule has 1 aromatic carbocycles. The standard InChI is InChI=1S/C16H19N3O6S/c1-9-14(10(2)19(3)17-9)26(22,23)18-13-7-11(15(20)24-4)6-12(8-13)16(21)25-5/h6-8,18H,1-5H3. The van der Waals surface area contributed by atoms with E-state index in [4.69, 9.17) is 0 Å². The van der Waals surface area contributed by atoms with Crippen LogP contribution in [0.3, 0.4) is 0 Å². The van der Waals surface area contributed by atoms with Crippen LogP contribution < -0.4 is 4.72 Å². The molecule has 0 bridgehead atoms. The minimum atomic E-state index is -3.99. The quantitative estimate of drug-likeness (QED) is 0.778. The lowest BCUT2D eigenvalue weighted by Crippen LogP contribution is -2.16. The zero-order valence-electron chi connectivity index (χ0n) is 15.0. The highest BCUT2D eigenvalue weighted by atomic mass is 32.2. The molecule has 0 aliphatic heterocycles. The van der Waals surface area contributed by atoms with Gasteiger partial charge in [-0.15, -0.1) is 0 Å². The summed E-state index contributed by atoms with van der Waals surface area (Å²) in [5, 5.41) is 4.09. The number of aromatic nitrogens is 2. The molecule has 0 unspecified atom stereocenters. The van der Waals surface area contributed by atoms with E-state index >= 15 is 0 Å². The van der Waals surface area contributed by atoms with Crippen LogP contribution in [0.2, 0.25) is 0 Å². The van der Waals surface area contributed by atoms with Crippen LogP contribution in [0, 0.1) is 13.8 Å². The molecule has 1 heterocycles. The number of rotatable bonds is 5. The summed E-state index contributed by atoms with van der Waals surface area (Å²) in [6.45, 7) is 3.20. The van der Waals surface area contributed by atoms with Crippen molar-refractivity contribution in [1.82, 2.24) is 9.78 Å². The van der Waals surface area contributed by atoms with E-state index in [1.807, 2.05) is 0 Å². The van der Waals surface area contributed by atoms with Crippen molar-refractivity contribution >= 4 is 27.6 Å². The fourth-order valence-electron chi connectivity index (χ4n) is 2.51. The third-order valence-electron chi connectivity index (χ3n) is 3.74. The van der Waals surface area contributed by atoms with Gasteiger partial charge in [0.05, 0.1) is 42.4 Å². The van der Waals surface area contributed by atoms with Crippen LogP contribution in [0.4, 0.5) is 5.69 Å². The van der Waals surface area contributed by atoms with Gasteiger partial charge in [0, 0.05) is 7.05 Å². The van der Waals surface area contributed by atoms with E-state index in [-0.39, 0.29) is 21.7 Å². The Hall–Kier alpha value is -2.88. The van der Waals surface area contributed by atoms with Crippen molar-refractivity contribution in [3.8, 4) is 0 Å². The Bertz CT molecular complexity index is 944. The number of carbonyl (C=O) groups is 2. The summed E-state index contributed by atoms with van der Waals surface area (Å²) in [6, 6.07) is 3.81. The summed E-state index contributed by atoms with van der Waals surface area (Å²) in [6.07, 6.45) is 0. The van der Waals surface area contributed by atoms with Crippen LogP contribution >= 0.6 is 0 Å². The second-order valence-corrected chi connectivity index (χ2v) is 7.13. The highest BCUT2D eigenvalue weighted by molar-refractivity contribution is 7.92. The number of methoxy groups -OCH3 is 2. The largest absolute Gasteiger partial charge is 0.465 e. The first-order valence-electron chi connectivity index (χ1n) is 7.45. The van der Waals surface area contributed by atoms with Crippen molar-refractivity contribution in [2.75, 3.05) is 18.9 Å². The van der Waals surface area contributed by atoms with E-state index in [2.05, 4.69) is 19.3 Å². The molecule has 0 aliphatic carbocycles. The molecule has 0 aliphatic rings. The lowest BCUT2D eigenvalue weighted by molar-refractivity contribution is 0.0599. The van der Waals surface area contributed by atoms with Crippen LogP contribution in [0.5, 0.6) is 0 Å². The third-order valence-corrected chi connectivity index (χ3v) is 5.37. The molecule has 0 radical (unpaired) electrons. The molecule has 10 heteroatoms. The zero-order chi connectivity index (χ0) is 19.6. The number of carbonyl (C=O) groups excluding carboxylic acids is 2. The fraction of sp³-hybridized carbons (Fsp3) is 0.312. The Balaban J connectivity index is 2.54. The van der Waals surface area contributed by atoms with E-state index in [0.29, 0.717) is 11.4 Å². The molecule has 2 rings (SSSR count). The van der Waals surface area contributed by atoms with Gasteiger partial charge < -0.3 is 9.47 Å². The molecule has 26 heavy (non-hydrogen) atoms. The van der Waals surface area contributed by atoms with Gasteiger partial charge in [-0.2, -0.15) is 5.10 Å². The number of aryl methyl sites for hydroxylation is 2. The van der Waals surface area contributed by atoms with E-state index in [9.17, 15) is 18.0 Å². The second kappa shape index (κ2) is 7.16. The molecule has 1 N–H and O–H groups in total. The molecule has 0 amide bonds. The van der Waals surface area contributed by atoms with E-state index in [0.717, 1.165) is 0 Å². The monoisotopic (exact) mass is 381 g/mol. The lowest BCUT2D eigenvalue weighted by Gasteiger charge is -2.11. The van der Waals surface area contributed by atoms with Gasteiger partial charge in [0.25, 0.3) is 10.0 Å². The summed E-state index contributed by atoms with van der Waals surface area (Å²) in [4.78, 5) is 23.7. The van der Waals surface area contributed by atoms with Crippen LogP contribution in [0.1, 0.15) is 32.1 Å². The number of sulfonamides is 1. The summed E-state index contributed by atoms with van der Waals surface area (Å²) in [7, 11) is 0.00357. The summed E-state index contributed by atoms with van der Waals surface area (Å²) < 4.78 is 38.6. The Morgan fingerprint density at radius 2 is 1.54 bits per heavy atom. The van der Waals surface area contributed by atoms with Crippen molar-refractivity contribution in [1.29, 1.82) is 0 Å². The van der Waals surface area contributed by atoms with E-state index in [1.165, 1.54) is 37.1 Å². The highest BCUT2D eigenvalue weighted by Gasteiger charge is 2.25. The average Bonchev–Trinajstić information content (AvgIpc) is 2.85. The summed E-state index contributed by atoms with van der Waals surface area (Å²) in [5.41, 5.74) is 0.818. The van der Waals surface area contributed by atoms with Crippen molar-refractivity contribution in [2.24, 2.45) is 7.05 Å². The van der Waals surface area contributed by atoms with Gasteiger partial charge in [0.1, 0.15) is 4.90 Å². The number of nitrogens with one attached hydrogen (secondary N) is 1.